The van der Waals surface area contributed by atoms with E-state index >= 15 is 0 Å². The Morgan fingerprint density at radius 3 is 2.89 bits per heavy atom. The normalized spacial score (nSPS) is 13.6. The molecule has 1 aromatic heterocycles. The van der Waals surface area contributed by atoms with Gasteiger partial charge >= 0.3 is 0 Å². The summed E-state index contributed by atoms with van der Waals surface area (Å²) in [7, 11) is 0. The molecule has 4 rings (SSSR count). The summed E-state index contributed by atoms with van der Waals surface area (Å²) < 4.78 is 21.9. The van der Waals surface area contributed by atoms with E-state index in [1.165, 1.54) is 11.8 Å². The van der Waals surface area contributed by atoms with Crippen LogP contribution in [0.5, 0.6) is 17.2 Å². The molecule has 7 nitrogen and oxygen atoms in total. The van der Waals surface area contributed by atoms with E-state index in [-0.39, 0.29) is 13.4 Å². The molecule has 2 aromatic carbocycles. The summed E-state index contributed by atoms with van der Waals surface area (Å²) in [6.07, 6.45) is -0.657. The van der Waals surface area contributed by atoms with E-state index in [0.29, 0.717) is 28.4 Å². The van der Waals surface area contributed by atoms with Crippen LogP contribution < -0.4 is 14.2 Å². The van der Waals surface area contributed by atoms with Gasteiger partial charge in [0.25, 0.3) is 5.22 Å². The zero-order valence-electron chi connectivity index (χ0n) is 14.6. The second-order valence-corrected chi connectivity index (χ2v) is 6.95. The average Bonchev–Trinajstić information content (AvgIpc) is 3.34. The maximum absolute atomic E-state index is 10.1. The van der Waals surface area contributed by atoms with E-state index in [2.05, 4.69) is 10.2 Å². The van der Waals surface area contributed by atoms with Crippen LogP contribution in [0, 0.1) is 6.92 Å². The van der Waals surface area contributed by atoms with Gasteiger partial charge in [-0.15, -0.1) is 10.2 Å². The van der Waals surface area contributed by atoms with Crippen LogP contribution in [0.25, 0.3) is 11.5 Å². The topological polar surface area (TPSA) is 86.8 Å². The van der Waals surface area contributed by atoms with Crippen molar-refractivity contribution >= 4 is 11.8 Å². The maximum atomic E-state index is 10.1. The van der Waals surface area contributed by atoms with Gasteiger partial charge in [-0.2, -0.15) is 0 Å². The summed E-state index contributed by atoms with van der Waals surface area (Å²) in [5.41, 5.74) is 1.78. The molecule has 27 heavy (non-hydrogen) atoms. The Hall–Kier alpha value is -2.71. The number of rotatable bonds is 7. The Morgan fingerprint density at radius 2 is 2.00 bits per heavy atom. The molecule has 0 saturated carbocycles. The molecule has 8 heteroatoms. The minimum Gasteiger partial charge on any atom is -0.491 e. The highest BCUT2D eigenvalue weighted by atomic mass is 32.2. The molecule has 2 heterocycles. The van der Waals surface area contributed by atoms with Gasteiger partial charge in [0, 0.05) is 11.3 Å². The minimum absolute atomic E-state index is 0.195. The number of fused-ring (bicyclic) bond motifs is 1. The molecule has 1 N–H and O–H groups in total. The molecule has 1 aliphatic rings. The summed E-state index contributed by atoms with van der Waals surface area (Å²) in [6, 6.07) is 13.1. The first-order valence-electron chi connectivity index (χ1n) is 8.42. The fraction of sp³-hybridized carbons (Fsp3) is 0.263. The highest BCUT2D eigenvalue weighted by Gasteiger charge is 2.17. The Labute approximate surface area is 160 Å². The highest BCUT2D eigenvalue weighted by molar-refractivity contribution is 7.99. The summed E-state index contributed by atoms with van der Waals surface area (Å²) in [6.45, 7) is 2.37. The van der Waals surface area contributed by atoms with Crippen LogP contribution in [0.15, 0.2) is 52.1 Å². The van der Waals surface area contributed by atoms with Gasteiger partial charge < -0.3 is 23.7 Å². The van der Waals surface area contributed by atoms with Crippen LogP contribution in [-0.2, 0) is 0 Å². The predicted octanol–water partition coefficient (Wildman–Crippen LogP) is 3.31. The lowest BCUT2D eigenvalue weighted by Crippen LogP contribution is -2.20. The molecule has 0 spiro atoms. The van der Waals surface area contributed by atoms with Gasteiger partial charge in [0.05, 0.1) is 6.10 Å². The third-order valence-electron chi connectivity index (χ3n) is 3.95. The van der Waals surface area contributed by atoms with Gasteiger partial charge in [-0.05, 0) is 36.8 Å². The lowest BCUT2D eigenvalue weighted by molar-refractivity contribution is 0.126. The molecular formula is C19H18N2O5S. The number of nitrogens with zero attached hydrogens (tertiary/aromatic N) is 2. The van der Waals surface area contributed by atoms with Crippen molar-refractivity contribution in [1.29, 1.82) is 0 Å². The van der Waals surface area contributed by atoms with E-state index in [1.807, 2.05) is 37.3 Å². The van der Waals surface area contributed by atoms with Crippen LogP contribution in [0.3, 0.4) is 0 Å². The standard InChI is InChI=1S/C19H18N2O5S/c1-12-4-2-3-5-15(12)23-9-14(22)10-27-19-21-20-18(26-19)13-6-7-16-17(8-13)25-11-24-16/h2-8,14,22H,9-11H2,1H3/t14-/m0/s1. The second kappa shape index (κ2) is 7.89. The van der Waals surface area contributed by atoms with Crippen LogP contribution >= 0.6 is 11.8 Å². The highest BCUT2D eigenvalue weighted by Crippen LogP contribution is 2.36. The molecule has 0 amide bonds. The van der Waals surface area contributed by atoms with Gasteiger partial charge in [-0.3, -0.25) is 0 Å². The molecule has 140 valence electrons. The number of ether oxygens (including phenoxy) is 3. The van der Waals surface area contributed by atoms with Crippen molar-refractivity contribution in [3.63, 3.8) is 0 Å². The number of hydrogen-bond donors (Lipinski definition) is 1. The molecule has 0 saturated heterocycles. The number of aliphatic hydroxyl groups excluding tert-OH is 1. The number of aliphatic hydroxyl groups is 1. The number of thioether (sulfide) groups is 1. The van der Waals surface area contributed by atoms with E-state index < -0.39 is 6.10 Å². The monoisotopic (exact) mass is 386 g/mol. The van der Waals surface area contributed by atoms with Crippen LogP contribution in [0.4, 0.5) is 0 Å². The van der Waals surface area contributed by atoms with E-state index in [1.54, 1.807) is 12.1 Å². The molecule has 1 atom stereocenters. The van der Waals surface area contributed by atoms with Crippen molar-refractivity contribution in [3.8, 4) is 28.7 Å². The van der Waals surface area contributed by atoms with Crippen molar-refractivity contribution in [1.82, 2.24) is 10.2 Å². The minimum atomic E-state index is -0.657. The van der Waals surface area contributed by atoms with Gasteiger partial charge in [0.1, 0.15) is 12.4 Å². The zero-order chi connectivity index (χ0) is 18.6. The first-order valence-corrected chi connectivity index (χ1v) is 9.40. The maximum Gasteiger partial charge on any atom is 0.276 e. The molecule has 0 fully saturated rings. The van der Waals surface area contributed by atoms with Crippen LogP contribution in [-0.4, -0.2) is 40.6 Å². The van der Waals surface area contributed by atoms with Crippen molar-refractivity contribution in [2.45, 2.75) is 18.3 Å². The fourth-order valence-electron chi connectivity index (χ4n) is 2.53. The quantitative estimate of drug-likeness (QED) is 0.619. The van der Waals surface area contributed by atoms with Crippen molar-refractivity contribution < 1.29 is 23.7 Å². The summed E-state index contributed by atoms with van der Waals surface area (Å²) in [4.78, 5) is 0. The molecular weight excluding hydrogens is 368 g/mol. The SMILES string of the molecule is Cc1ccccc1OC[C@H](O)CSc1nnc(-c2ccc3c(c2)OCO3)o1. The van der Waals surface area contributed by atoms with E-state index in [9.17, 15) is 5.11 Å². The van der Waals surface area contributed by atoms with Gasteiger partial charge in [0.15, 0.2) is 11.5 Å². The smallest absolute Gasteiger partial charge is 0.276 e. The first-order chi connectivity index (χ1) is 13.2. The predicted molar refractivity (Wildman–Crippen MR) is 99.3 cm³/mol. The molecule has 1 aliphatic heterocycles. The number of benzene rings is 2. The first kappa shape index (κ1) is 17.7. The number of hydrogen-bond acceptors (Lipinski definition) is 8. The Bertz CT molecular complexity index is 930. The largest absolute Gasteiger partial charge is 0.491 e. The Balaban J connectivity index is 1.31. The van der Waals surface area contributed by atoms with Crippen LogP contribution in [0.2, 0.25) is 0 Å². The summed E-state index contributed by atoms with van der Waals surface area (Å²) in [5.74, 6) is 2.90. The van der Waals surface area contributed by atoms with E-state index in [0.717, 1.165) is 16.9 Å². The lowest BCUT2D eigenvalue weighted by Gasteiger charge is -2.12. The zero-order valence-corrected chi connectivity index (χ0v) is 15.4. The Morgan fingerprint density at radius 1 is 1.15 bits per heavy atom. The van der Waals surface area contributed by atoms with Crippen molar-refractivity contribution in [3.05, 3.63) is 48.0 Å². The molecule has 0 aliphatic carbocycles. The average molecular weight is 386 g/mol. The Kier molecular flexibility index (Phi) is 5.17. The van der Waals surface area contributed by atoms with Crippen molar-refractivity contribution in [2.75, 3.05) is 19.2 Å². The molecule has 0 bridgehead atoms. The van der Waals surface area contributed by atoms with Crippen LogP contribution in [0.1, 0.15) is 5.56 Å². The molecule has 0 radical (unpaired) electrons. The number of aromatic nitrogens is 2. The van der Waals surface area contributed by atoms with Gasteiger partial charge in [-0.25, -0.2) is 0 Å². The molecule has 0 unspecified atom stereocenters. The third kappa shape index (κ3) is 4.17. The second-order valence-electron chi connectivity index (χ2n) is 5.98. The fourth-order valence-corrected chi connectivity index (χ4v) is 3.20. The lowest BCUT2D eigenvalue weighted by atomic mass is 10.2. The van der Waals surface area contributed by atoms with Crippen molar-refractivity contribution in [2.24, 2.45) is 0 Å². The number of aryl methyl sites for hydroxylation is 1. The van der Waals surface area contributed by atoms with E-state index in [4.69, 9.17) is 18.6 Å². The van der Waals surface area contributed by atoms with Gasteiger partial charge in [-0.1, -0.05) is 30.0 Å². The number of para-hydroxylation sites is 1. The summed E-state index contributed by atoms with van der Waals surface area (Å²) in [5, 5.41) is 18.6. The third-order valence-corrected chi connectivity index (χ3v) is 4.91. The van der Waals surface area contributed by atoms with Gasteiger partial charge in [0.2, 0.25) is 12.7 Å². The molecule has 3 aromatic rings. The summed E-state index contributed by atoms with van der Waals surface area (Å²) >= 11 is 1.28.